The lowest BCUT2D eigenvalue weighted by Gasteiger charge is -2.21. The number of hydrogen-bond donors (Lipinski definition) is 1. The van der Waals surface area contributed by atoms with Crippen LogP contribution in [0.25, 0.3) is 0 Å². The van der Waals surface area contributed by atoms with Gasteiger partial charge in [0.2, 0.25) is 0 Å². The Kier molecular flexibility index (Phi) is 8.34. The molecule has 0 aliphatic carbocycles. The van der Waals surface area contributed by atoms with Crippen LogP contribution in [0.1, 0.15) is 48.4 Å². The van der Waals surface area contributed by atoms with Crippen LogP contribution in [0, 0.1) is 0 Å². The van der Waals surface area contributed by atoms with Gasteiger partial charge in [-0.15, -0.1) is 35.3 Å². The molecular formula is C20H29IN4S. The molecule has 4 nitrogen and oxygen atoms in total. The zero-order valence-electron chi connectivity index (χ0n) is 15.8. The Morgan fingerprint density at radius 3 is 2.77 bits per heavy atom. The van der Waals surface area contributed by atoms with Crippen molar-refractivity contribution in [3.05, 3.63) is 52.0 Å². The number of thiazole rings is 1. The number of halogens is 1. The molecule has 1 N–H and O–H groups in total. The van der Waals surface area contributed by atoms with Gasteiger partial charge in [0.15, 0.2) is 5.96 Å². The average Bonchev–Trinajstić information content (AvgIpc) is 3.29. The third-order valence-electron chi connectivity index (χ3n) is 4.70. The van der Waals surface area contributed by atoms with Gasteiger partial charge >= 0.3 is 0 Å². The van der Waals surface area contributed by atoms with E-state index in [2.05, 4.69) is 64.8 Å². The van der Waals surface area contributed by atoms with Crippen molar-refractivity contribution in [2.24, 2.45) is 4.99 Å². The van der Waals surface area contributed by atoms with Crippen LogP contribution in [-0.2, 0) is 6.42 Å². The second-order valence-electron chi connectivity index (χ2n) is 6.90. The fourth-order valence-electron chi connectivity index (χ4n) is 3.29. The minimum atomic E-state index is 0. The summed E-state index contributed by atoms with van der Waals surface area (Å²) in [6, 6.07) is 10.8. The van der Waals surface area contributed by atoms with E-state index in [9.17, 15) is 0 Å². The first-order valence-corrected chi connectivity index (χ1v) is 10.00. The molecule has 2 aromatic rings. The first-order valence-electron chi connectivity index (χ1n) is 9.12. The number of likely N-dealkylation sites (tertiary alicyclic amines) is 1. The largest absolute Gasteiger partial charge is 0.356 e. The van der Waals surface area contributed by atoms with E-state index in [1.54, 1.807) is 11.3 Å². The SMILES string of the molecule is CN=C(NCCc1csc(C(C)C)n1)N1CCC(c2ccccc2)C1.I. The van der Waals surface area contributed by atoms with Gasteiger partial charge in [0.25, 0.3) is 0 Å². The molecule has 1 aliphatic rings. The molecule has 1 aromatic heterocycles. The predicted molar refractivity (Wildman–Crippen MR) is 122 cm³/mol. The molecule has 26 heavy (non-hydrogen) atoms. The summed E-state index contributed by atoms with van der Waals surface area (Å²) in [6.07, 6.45) is 2.13. The zero-order valence-corrected chi connectivity index (χ0v) is 19.0. The lowest BCUT2D eigenvalue weighted by atomic mass is 9.99. The Morgan fingerprint density at radius 1 is 1.35 bits per heavy atom. The van der Waals surface area contributed by atoms with Gasteiger partial charge in [0, 0.05) is 50.3 Å². The van der Waals surface area contributed by atoms with Crippen LogP contribution < -0.4 is 5.32 Å². The second-order valence-corrected chi connectivity index (χ2v) is 7.79. The van der Waals surface area contributed by atoms with E-state index >= 15 is 0 Å². The number of nitrogens with one attached hydrogen (secondary N) is 1. The Labute approximate surface area is 178 Å². The Bertz CT molecular complexity index is 699. The van der Waals surface area contributed by atoms with E-state index < -0.39 is 0 Å². The summed E-state index contributed by atoms with van der Waals surface area (Å²) >= 11 is 1.77. The molecule has 1 atom stereocenters. The maximum absolute atomic E-state index is 4.71. The zero-order chi connectivity index (χ0) is 17.6. The lowest BCUT2D eigenvalue weighted by Crippen LogP contribution is -2.40. The van der Waals surface area contributed by atoms with E-state index in [0.29, 0.717) is 11.8 Å². The smallest absolute Gasteiger partial charge is 0.193 e. The molecule has 3 rings (SSSR count). The molecule has 1 saturated heterocycles. The molecule has 6 heteroatoms. The van der Waals surface area contributed by atoms with Crippen molar-refractivity contribution in [1.82, 2.24) is 15.2 Å². The molecule has 0 spiro atoms. The average molecular weight is 484 g/mol. The van der Waals surface area contributed by atoms with Crippen LogP contribution in [0.2, 0.25) is 0 Å². The molecule has 2 heterocycles. The lowest BCUT2D eigenvalue weighted by molar-refractivity contribution is 0.486. The molecule has 0 bridgehead atoms. The highest BCUT2D eigenvalue weighted by molar-refractivity contribution is 14.0. The van der Waals surface area contributed by atoms with Crippen molar-refractivity contribution in [3.8, 4) is 0 Å². The van der Waals surface area contributed by atoms with Gasteiger partial charge in [-0.2, -0.15) is 0 Å². The first kappa shape index (κ1) is 21.2. The first-order chi connectivity index (χ1) is 12.2. The number of aromatic nitrogens is 1. The van der Waals surface area contributed by atoms with Crippen molar-refractivity contribution in [1.29, 1.82) is 0 Å². The summed E-state index contributed by atoms with van der Waals surface area (Å²) in [5.41, 5.74) is 2.62. The second kappa shape index (κ2) is 10.3. The highest BCUT2D eigenvalue weighted by atomic mass is 127. The molecule has 142 valence electrons. The molecular weight excluding hydrogens is 455 g/mol. The molecule has 1 aliphatic heterocycles. The van der Waals surface area contributed by atoms with Gasteiger partial charge in [0.1, 0.15) is 0 Å². The van der Waals surface area contributed by atoms with Gasteiger partial charge in [-0.25, -0.2) is 4.98 Å². The molecule has 0 radical (unpaired) electrons. The Morgan fingerprint density at radius 2 is 2.12 bits per heavy atom. The molecule has 1 unspecified atom stereocenters. The van der Waals surface area contributed by atoms with Crippen LogP contribution in [0.3, 0.4) is 0 Å². The van der Waals surface area contributed by atoms with Gasteiger partial charge < -0.3 is 10.2 Å². The Balaban J connectivity index is 0.00000243. The van der Waals surface area contributed by atoms with Gasteiger partial charge in [0.05, 0.1) is 10.7 Å². The van der Waals surface area contributed by atoms with Crippen molar-refractivity contribution < 1.29 is 0 Å². The third-order valence-corrected chi connectivity index (χ3v) is 5.89. The maximum atomic E-state index is 4.71. The van der Waals surface area contributed by atoms with Gasteiger partial charge in [-0.05, 0) is 12.0 Å². The van der Waals surface area contributed by atoms with Crippen LogP contribution in [-0.4, -0.2) is 42.5 Å². The fourth-order valence-corrected chi connectivity index (χ4v) is 4.16. The summed E-state index contributed by atoms with van der Waals surface area (Å²) < 4.78 is 0. The maximum Gasteiger partial charge on any atom is 0.193 e. The van der Waals surface area contributed by atoms with Crippen LogP contribution in [0.4, 0.5) is 0 Å². The topological polar surface area (TPSA) is 40.5 Å². The van der Waals surface area contributed by atoms with E-state index in [-0.39, 0.29) is 24.0 Å². The number of hydrogen-bond acceptors (Lipinski definition) is 3. The number of guanidine groups is 1. The van der Waals surface area contributed by atoms with E-state index in [1.807, 2.05) is 7.05 Å². The minimum Gasteiger partial charge on any atom is -0.356 e. The van der Waals surface area contributed by atoms with Crippen molar-refractivity contribution in [2.75, 3.05) is 26.7 Å². The van der Waals surface area contributed by atoms with Gasteiger partial charge in [-0.1, -0.05) is 44.2 Å². The normalized spacial score (nSPS) is 17.5. The summed E-state index contributed by atoms with van der Waals surface area (Å²) in [4.78, 5) is 11.6. The van der Waals surface area contributed by atoms with Crippen LogP contribution in [0.5, 0.6) is 0 Å². The highest BCUT2D eigenvalue weighted by Gasteiger charge is 2.25. The van der Waals surface area contributed by atoms with Crippen LogP contribution in [0.15, 0.2) is 40.7 Å². The standard InChI is InChI=1S/C20H28N4S.HI/c1-15(2)19-23-18(14-25-19)9-11-22-20(21-3)24-12-10-17(13-24)16-7-5-4-6-8-16;/h4-8,14-15,17H,9-13H2,1-3H3,(H,21,22);1H. The number of nitrogens with zero attached hydrogens (tertiary/aromatic N) is 3. The highest BCUT2D eigenvalue weighted by Crippen LogP contribution is 2.26. The number of aliphatic imine (C=N–C) groups is 1. The molecule has 0 saturated carbocycles. The van der Waals surface area contributed by atoms with E-state index in [1.165, 1.54) is 22.7 Å². The predicted octanol–water partition coefficient (Wildman–Crippen LogP) is 4.49. The summed E-state index contributed by atoms with van der Waals surface area (Å²) in [5.74, 6) is 2.13. The van der Waals surface area contributed by atoms with E-state index in [0.717, 1.165) is 32.0 Å². The summed E-state index contributed by atoms with van der Waals surface area (Å²) in [6.45, 7) is 7.37. The molecule has 1 aromatic carbocycles. The number of rotatable bonds is 5. The summed E-state index contributed by atoms with van der Waals surface area (Å²) in [5, 5.41) is 6.92. The van der Waals surface area contributed by atoms with Crippen molar-refractivity contribution in [2.45, 2.75) is 38.5 Å². The number of benzene rings is 1. The van der Waals surface area contributed by atoms with Crippen molar-refractivity contribution >= 4 is 41.3 Å². The third kappa shape index (κ3) is 5.42. The monoisotopic (exact) mass is 484 g/mol. The quantitative estimate of drug-likeness (QED) is 0.386. The van der Waals surface area contributed by atoms with Crippen molar-refractivity contribution in [3.63, 3.8) is 0 Å². The van der Waals surface area contributed by atoms with E-state index in [4.69, 9.17) is 4.98 Å². The van der Waals surface area contributed by atoms with Gasteiger partial charge in [-0.3, -0.25) is 4.99 Å². The Hall–Kier alpha value is -1.15. The molecule has 1 fully saturated rings. The summed E-state index contributed by atoms with van der Waals surface area (Å²) in [7, 11) is 1.87. The minimum absolute atomic E-state index is 0. The van der Waals surface area contributed by atoms with Crippen LogP contribution >= 0.6 is 35.3 Å². The fraction of sp³-hybridized carbons (Fsp3) is 0.500. The molecule has 0 amide bonds.